The first-order valence-corrected chi connectivity index (χ1v) is 4.53. The zero-order valence-electron chi connectivity index (χ0n) is 7.94. The van der Waals surface area contributed by atoms with Crippen LogP contribution in [0.2, 0.25) is 5.02 Å². The fourth-order valence-corrected chi connectivity index (χ4v) is 1.03. The summed E-state index contributed by atoms with van der Waals surface area (Å²) in [7, 11) is 0. The molecule has 1 aromatic rings. The van der Waals surface area contributed by atoms with Gasteiger partial charge in [0.2, 0.25) is 0 Å². The molecule has 0 N–H and O–H groups in total. The quantitative estimate of drug-likeness (QED) is 0.629. The number of hydrogen-bond acceptors (Lipinski definition) is 0. The molecule has 3 heteroatoms. The molecule has 0 unspecified atom stereocenters. The van der Waals surface area contributed by atoms with Gasteiger partial charge < -0.3 is 0 Å². The van der Waals surface area contributed by atoms with E-state index in [4.69, 9.17) is 11.6 Å². The van der Waals surface area contributed by atoms with Crippen molar-refractivity contribution in [3.8, 4) is 0 Å². The second-order valence-corrected chi connectivity index (χ2v) is 2.74. The number of alkyl halides is 2. The summed E-state index contributed by atoms with van der Waals surface area (Å²) in [4.78, 5) is 0. The number of hydrogen-bond donors (Lipinski definition) is 0. The molecule has 0 fully saturated rings. The predicted molar refractivity (Wildman–Crippen MR) is 52.5 cm³/mol. The van der Waals surface area contributed by atoms with Gasteiger partial charge in [-0.25, -0.2) is 8.78 Å². The van der Waals surface area contributed by atoms with Crippen molar-refractivity contribution in [2.24, 2.45) is 0 Å². The third-order valence-corrected chi connectivity index (χ3v) is 1.71. The van der Waals surface area contributed by atoms with E-state index in [2.05, 4.69) is 0 Å². The second kappa shape index (κ2) is 5.92. The molecule has 0 radical (unpaired) electrons. The van der Waals surface area contributed by atoms with Crippen LogP contribution in [0.25, 0.3) is 0 Å². The van der Waals surface area contributed by atoms with E-state index in [1.165, 1.54) is 6.07 Å². The molecule has 0 aromatic heterocycles. The molecule has 0 atom stereocenters. The van der Waals surface area contributed by atoms with Gasteiger partial charge in [0, 0.05) is 10.6 Å². The van der Waals surface area contributed by atoms with Crippen LogP contribution < -0.4 is 0 Å². The van der Waals surface area contributed by atoms with Gasteiger partial charge in [0.25, 0.3) is 6.43 Å². The predicted octanol–water partition coefficient (Wildman–Crippen LogP) is 4.61. The Bertz CT molecular complexity index is 259. The zero-order valence-corrected chi connectivity index (χ0v) is 8.70. The van der Waals surface area contributed by atoms with E-state index >= 15 is 0 Å². The maximum absolute atomic E-state index is 12.1. The van der Waals surface area contributed by atoms with Gasteiger partial charge in [-0.05, 0) is 24.6 Å². The van der Waals surface area contributed by atoms with E-state index in [-0.39, 0.29) is 5.56 Å². The first-order chi connectivity index (χ1) is 6.11. The summed E-state index contributed by atoms with van der Waals surface area (Å²) >= 11 is 5.53. The minimum Gasteiger partial charge on any atom is -0.205 e. The van der Waals surface area contributed by atoms with Crippen LogP contribution in [0.5, 0.6) is 0 Å². The highest BCUT2D eigenvalue weighted by molar-refractivity contribution is 6.30. The van der Waals surface area contributed by atoms with Crippen LogP contribution >= 0.6 is 11.6 Å². The van der Waals surface area contributed by atoms with Crippen molar-refractivity contribution in [2.45, 2.75) is 27.2 Å². The molecule has 1 aromatic carbocycles. The molecular formula is C10H13ClF2. The summed E-state index contributed by atoms with van der Waals surface area (Å²) in [6.07, 6.45) is -2.44. The molecule has 0 aliphatic carbocycles. The van der Waals surface area contributed by atoms with E-state index in [1.54, 1.807) is 19.1 Å². The molecule has 0 amide bonds. The first-order valence-electron chi connectivity index (χ1n) is 4.15. The number of aryl methyl sites for hydroxylation is 1. The lowest BCUT2D eigenvalue weighted by molar-refractivity contribution is 0.150. The van der Waals surface area contributed by atoms with E-state index in [0.717, 1.165) is 0 Å². The number of rotatable bonds is 1. The third-order valence-electron chi connectivity index (χ3n) is 1.48. The SMILES string of the molecule is CC.Cc1ccc(Cl)cc1C(F)F. The topological polar surface area (TPSA) is 0 Å². The Hall–Kier alpha value is -0.630. The molecule has 0 saturated carbocycles. The summed E-state index contributed by atoms with van der Waals surface area (Å²) < 4.78 is 24.3. The zero-order chi connectivity index (χ0) is 10.4. The van der Waals surface area contributed by atoms with Gasteiger partial charge in [0.05, 0.1) is 0 Å². The molecule has 0 nitrogen and oxygen atoms in total. The van der Waals surface area contributed by atoms with Crippen molar-refractivity contribution in [1.29, 1.82) is 0 Å². The fourth-order valence-electron chi connectivity index (χ4n) is 0.846. The van der Waals surface area contributed by atoms with Crippen LogP contribution in [0, 0.1) is 6.92 Å². The van der Waals surface area contributed by atoms with Gasteiger partial charge >= 0.3 is 0 Å². The van der Waals surface area contributed by atoms with Crippen LogP contribution in [0.3, 0.4) is 0 Å². The lowest BCUT2D eigenvalue weighted by Gasteiger charge is -2.03. The Morgan fingerprint density at radius 3 is 2.15 bits per heavy atom. The summed E-state index contributed by atoms with van der Waals surface area (Å²) in [5.41, 5.74) is 0.585. The maximum atomic E-state index is 12.1. The van der Waals surface area contributed by atoms with Crippen LogP contribution in [-0.4, -0.2) is 0 Å². The lowest BCUT2D eigenvalue weighted by atomic mass is 10.1. The van der Waals surface area contributed by atoms with Gasteiger partial charge in [0.1, 0.15) is 0 Å². The second-order valence-electron chi connectivity index (χ2n) is 2.30. The van der Waals surface area contributed by atoms with Crippen LogP contribution in [0.15, 0.2) is 18.2 Å². The molecule has 74 valence electrons. The van der Waals surface area contributed by atoms with Gasteiger partial charge in [-0.3, -0.25) is 0 Å². The van der Waals surface area contributed by atoms with Gasteiger partial charge in [-0.15, -0.1) is 0 Å². The van der Waals surface area contributed by atoms with Crippen molar-refractivity contribution >= 4 is 11.6 Å². The summed E-state index contributed by atoms with van der Waals surface area (Å²) in [6, 6.07) is 4.48. The van der Waals surface area contributed by atoms with E-state index < -0.39 is 6.43 Å². The Kier molecular flexibility index (Phi) is 5.63. The third kappa shape index (κ3) is 3.73. The van der Waals surface area contributed by atoms with Crippen molar-refractivity contribution in [1.82, 2.24) is 0 Å². The highest BCUT2D eigenvalue weighted by Gasteiger charge is 2.09. The lowest BCUT2D eigenvalue weighted by Crippen LogP contribution is -1.88. The van der Waals surface area contributed by atoms with E-state index in [0.29, 0.717) is 10.6 Å². The summed E-state index contributed by atoms with van der Waals surface area (Å²) in [6.45, 7) is 5.64. The highest BCUT2D eigenvalue weighted by atomic mass is 35.5. The monoisotopic (exact) mass is 206 g/mol. The average molecular weight is 207 g/mol. The van der Waals surface area contributed by atoms with Crippen molar-refractivity contribution < 1.29 is 8.78 Å². The van der Waals surface area contributed by atoms with Gasteiger partial charge in [-0.1, -0.05) is 31.5 Å². The summed E-state index contributed by atoms with van der Waals surface area (Å²) in [5, 5.41) is 0.353. The molecule has 0 aliphatic rings. The van der Waals surface area contributed by atoms with Crippen LogP contribution in [0.1, 0.15) is 31.4 Å². The molecule has 0 aliphatic heterocycles. The fraction of sp³-hybridized carbons (Fsp3) is 0.400. The highest BCUT2D eigenvalue weighted by Crippen LogP contribution is 2.25. The van der Waals surface area contributed by atoms with Crippen molar-refractivity contribution in [2.75, 3.05) is 0 Å². The number of halogens is 3. The Morgan fingerprint density at radius 2 is 1.77 bits per heavy atom. The Morgan fingerprint density at radius 1 is 1.23 bits per heavy atom. The molecule has 13 heavy (non-hydrogen) atoms. The molecule has 0 heterocycles. The smallest absolute Gasteiger partial charge is 0.205 e. The van der Waals surface area contributed by atoms with Crippen molar-refractivity contribution in [3.63, 3.8) is 0 Å². The largest absolute Gasteiger partial charge is 0.264 e. The van der Waals surface area contributed by atoms with Crippen molar-refractivity contribution in [3.05, 3.63) is 34.3 Å². The standard InChI is InChI=1S/C8H7ClF2.C2H6/c1-5-2-3-6(9)4-7(5)8(10)11;1-2/h2-4,8H,1H3;1-2H3. The molecular weight excluding hydrogens is 194 g/mol. The molecule has 0 saturated heterocycles. The summed E-state index contributed by atoms with van der Waals surface area (Å²) in [5.74, 6) is 0. The molecule has 1 rings (SSSR count). The first kappa shape index (κ1) is 12.4. The molecule has 0 spiro atoms. The Labute approximate surface area is 82.5 Å². The van der Waals surface area contributed by atoms with Crippen LogP contribution in [0.4, 0.5) is 8.78 Å². The average Bonchev–Trinajstić information content (AvgIpc) is 2.12. The molecule has 0 bridgehead atoms. The van der Waals surface area contributed by atoms with E-state index in [1.807, 2.05) is 13.8 Å². The number of benzene rings is 1. The minimum atomic E-state index is -2.44. The normalized spacial score (nSPS) is 9.46. The van der Waals surface area contributed by atoms with Gasteiger partial charge in [0.15, 0.2) is 0 Å². The van der Waals surface area contributed by atoms with Gasteiger partial charge in [-0.2, -0.15) is 0 Å². The van der Waals surface area contributed by atoms with Crippen LogP contribution in [-0.2, 0) is 0 Å². The van der Waals surface area contributed by atoms with E-state index in [9.17, 15) is 8.78 Å². The minimum absolute atomic E-state index is 0.0116. The maximum Gasteiger partial charge on any atom is 0.264 e. The Balaban J connectivity index is 0.000000671.